The average molecular weight is 255 g/mol. The number of amides is 2. The fraction of sp³-hybridized carbons (Fsp3) is 0.846. The molecule has 1 fully saturated rings. The third kappa shape index (κ3) is 4.64. The van der Waals surface area contributed by atoms with Gasteiger partial charge in [0.05, 0.1) is 0 Å². The Hall–Kier alpha value is -1.10. The van der Waals surface area contributed by atoms with Crippen molar-refractivity contribution in [2.75, 3.05) is 13.1 Å². The molecule has 2 unspecified atom stereocenters. The molecule has 0 spiro atoms. The van der Waals surface area contributed by atoms with Gasteiger partial charge in [-0.3, -0.25) is 9.59 Å². The molecule has 1 aliphatic heterocycles. The van der Waals surface area contributed by atoms with Crippen molar-refractivity contribution in [1.82, 2.24) is 16.0 Å². The summed E-state index contributed by atoms with van der Waals surface area (Å²) in [4.78, 5) is 23.5. The minimum absolute atomic E-state index is 0.107. The van der Waals surface area contributed by atoms with Gasteiger partial charge in [0, 0.05) is 18.0 Å². The van der Waals surface area contributed by atoms with Crippen LogP contribution in [0.25, 0.3) is 0 Å². The number of hydrogen-bond donors (Lipinski definition) is 3. The smallest absolute Gasteiger partial charge is 0.242 e. The Labute approximate surface area is 109 Å². The van der Waals surface area contributed by atoms with E-state index < -0.39 is 11.5 Å². The molecule has 2 atom stereocenters. The molecule has 0 saturated carbocycles. The van der Waals surface area contributed by atoms with Crippen molar-refractivity contribution < 1.29 is 9.59 Å². The van der Waals surface area contributed by atoms with Crippen LogP contribution in [0.2, 0.25) is 0 Å². The highest BCUT2D eigenvalue weighted by molar-refractivity contribution is 5.89. The minimum atomic E-state index is -0.488. The molecule has 3 N–H and O–H groups in total. The van der Waals surface area contributed by atoms with Crippen molar-refractivity contribution in [2.24, 2.45) is 5.41 Å². The quantitative estimate of drug-likeness (QED) is 0.681. The molecule has 1 rings (SSSR count). The molecule has 0 aromatic rings. The Kier molecular flexibility index (Phi) is 5.14. The Bertz CT molecular complexity index is 304. The summed E-state index contributed by atoms with van der Waals surface area (Å²) in [5.41, 5.74) is -0.471. The van der Waals surface area contributed by atoms with Crippen molar-refractivity contribution >= 4 is 11.8 Å². The summed E-state index contributed by atoms with van der Waals surface area (Å²) in [5.74, 6) is -0.231. The predicted molar refractivity (Wildman–Crippen MR) is 71.1 cm³/mol. The molecular formula is C13H25N3O2. The van der Waals surface area contributed by atoms with Gasteiger partial charge in [0.1, 0.15) is 6.04 Å². The summed E-state index contributed by atoms with van der Waals surface area (Å²) in [6.45, 7) is 8.85. The Balaban J connectivity index is 2.30. The molecular weight excluding hydrogens is 230 g/mol. The van der Waals surface area contributed by atoms with Crippen LogP contribution in [0.15, 0.2) is 0 Å². The summed E-state index contributed by atoms with van der Waals surface area (Å²) in [7, 11) is 0. The van der Waals surface area contributed by atoms with Gasteiger partial charge in [0.2, 0.25) is 11.8 Å². The molecule has 2 amide bonds. The fourth-order valence-electron chi connectivity index (χ4n) is 1.79. The zero-order valence-electron chi connectivity index (χ0n) is 11.8. The van der Waals surface area contributed by atoms with Crippen LogP contribution in [0.4, 0.5) is 0 Å². The molecule has 0 radical (unpaired) electrons. The first-order valence-electron chi connectivity index (χ1n) is 6.63. The van der Waals surface area contributed by atoms with Gasteiger partial charge in [-0.1, -0.05) is 20.8 Å². The van der Waals surface area contributed by atoms with E-state index in [9.17, 15) is 9.59 Å². The van der Waals surface area contributed by atoms with Crippen molar-refractivity contribution in [1.29, 1.82) is 0 Å². The van der Waals surface area contributed by atoms with E-state index in [4.69, 9.17) is 0 Å². The number of nitrogens with one attached hydrogen (secondary N) is 3. The Morgan fingerprint density at radius 1 is 1.39 bits per heavy atom. The van der Waals surface area contributed by atoms with Crippen molar-refractivity contribution in [2.45, 2.75) is 52.6 Å². The summed E-state index contributed by atoms with van der Waals surface area (Å²) >= 11 is 0. The lowest BCUT2D eigenvalue weighted by atomic mass is 9.95. The number of carbonyl (C=O) groups is 2. The lowest BCUT2D eigenvalue weighted by molar-refractivity contribution is -0.133. The third-order valence-electron chi connectivity index (χ3n) is 3.11. The van der Waals surface area contributed by atoms with Gasteiger partial charge in [-0.05, 0) is 26.3 Å². The zero-order valence-corrected chi connectivity index (χ0v) is 11.8. The summed E-state index contributed by atoms with van der Waals surface area (Å²) < 4.78 is 0. The molecule has 1 heterocycles. The van der Waals surface area contributed by atoms with Gasteiger partial charge in [-0.15, -0.1) is 0 Å². The first-order valence-corrected chi connectivity index (χ1v) is 6.63. The lowest BCUT2D eigenvalue weighted by Gasteiger charge is -2.22. The maximum absolute atomic E-state index is 11.8. The fourth-order valence-corrected chi connectivity index (χ4v) is 1.79. The lowest BCUT2D eigenvalue weighted by Crippen LogP contribution is -2.50. The summed E-state index contributed by atoms with van der Waals surface area (Å²) in [5, 5.41) is 8.90. The zero-order chi connectivity index (χ0) is 13.8. The summed E-state index contributed by atoms with van der Waals surface area (Å²) in [6.07, 6.45) is 2.26. The highest BCUT2D eigenvalue weighted by Crippen LogP contribution is 2.12. The van der Waals surface area contributed by atoms with Crippen LogP contribution in [0.5, 0.6) is 0 Å². The van der Waals surface area contributed by atoms with Crippen LogP contribution in [0.1, 0.15) is 40.5 Å². The van der Waals surface area contributed by atoms with E-state index in [2.05, 4.69) is 16.0 Å². The molecule has 1 aliphatic rings. The SMILES string of the molecule is CC(NC(=O)C(C)(C)C)C(=O)NCC1CCCN1. The molecule has 0 aliphatic carbocycles. The largest absolute Gasteiger partial charge is 0.353 e. The van der Waals surface area contributed by atoms with Crippen molar-refractivity contribution in [3.05, 3.63) is 0 Å². The highest BCUT2D eigenvalue weighted by Gasteiger charge is 2.25. The first-order chi connectivity index (χ1) is 8.30. The van der Waals surface area contributed by atoms with Crippen LogP contribution < -0.4 is 16.0 Å². The maximum atomic E-state index is 11.8. The number of rotatable bonds is 4. The number of carbonyl (C=O) groups excluding carboxylic acids is 2. The van der Waals surface area contributed by atoms with Gasteiger partial charge in [0.15, 0.2) is 0 Å². The normalized spacial score (nSPS) is 21.4. The van der Waals surface area contributed by atoms with E-state index >= 15 is 0 Å². The van der Waals surface area contributed by atoms with E-state index in [1.807, 2.05) is 20.8 Å². The molecule has 0 aromatic carbocycles. The molecule has 18 heavy (non-hydrogen) atoms. The van der Waals surface area contributed by atoms with Crippen LogP contribution in [0, 0.1) is 5.41 Å². The third-order valence-corrected chi connectivity index (χ3v) is 3.11. The second-order valence-electron chi connectivity index (χ2n) is 5.98. The van der Waals surface area contributed by atoms with Crippen molar-refractivity contribution in [3.8, 4) is 0 Å². The molecule has 0 aromatic heterocycles. The van der Waals surface area contributed by atoms with Gasteiger partial charge >= 0.3 is 0 Å². The van der Waals surface area contributed by atoms with E-state index in [-0.39, 0.29) is 11.8 Å². The van der Waals surface area contributed by atoms with E-state index in [1.54, 1.807) is 6.92 Å². The van der Waals surface area contributed by atoms with Crippen LogP contribution in [0.3, 0.4) is 0 Å². The van der Waals surface area contributed by atoms with Crippen LogP contribution in [-0.4, -0.2) is 37.0 Å². The van der Waals surface area contributed by atoms with Crippen molar-refractivity contribution in [3.63, 3.8) is 0 Å². The predicted octanol–water partition coefficient (Wildman–Crippen LogP) is 0.405. The van der Waals surface area contributed by atoms with Gasteiger partial charge < -0.3 is 16.0 Å². The second kappa shape index (κ2) is 6.18. The topological polar surface area (TPSA) is 70.2 Å². The average Bonchev–Trinajstić information content (AvgIpc) is 2.77. The summed E-state index contributed by atoms with van der Waals surface area (Å²) in [6, 6.07) is -0.113. The van der Waals surface area contributed by atoms with E-state index in [1.165, 1.54) is 0 Å². The molecule has 1 saturated heterocycles. The van der Waals surface area contributed by atoms with Gasteiger partial charge in [-0.2, -0.15) is 0 Å². The monoisotopic (exact) mass is 255 g/mol. The van der Waals surface area contributed by atoms with Crippen LogP contribution in [-0.2, 0) is 9.59 Å². The van der Waals surface area contributed by atoms with E-state index in [0.29, 0.717) is 12.6 Å². The Morgan fingerprint density at radius 3 is 2.56 bits per heavy atom. The Morgan fingerprint density at radius 2 is 2.06 bits per heavy atom. The standard InChI is InChI=1S/C13H25N3O2/c1-9(16-12(18)13(2,3)4)11(17)15-8-10-6-5-7-14-10/h9-10,14H,5-8H2,1-4H3,(H,15,17)(H,16,18). The molecule has 5 nitrogen and oxygen atoms in total. The molecule has 104 valence electrons. The van der Waals surface area contributed by atoms with Gasteiger partial charge in [-0.25, -0.2) is 0 Å². The highest BCUT2D eigenvalue weighted by atomic mass is 16.2. The first kappa shape index (κ1) is 15.0. The van der Waals surface area contributed by atoms with Crippen LogP contribution >= 0.6 is 0 Å². The maximum Gasteiger partial charge on any atom is 0.242 e. The van der Waals surface area contributed by atoms with Gasteiger partial charge in [0.25, 0.3) is 0 Å². The molecule has 5 heteroatoms. The molecule has 0 bridgehead atoms. The minimum Gasteiger partial charge on any atom is -0.353 e. The second-order valence-corrected chi connectivity index (χ2v) is 5.98. The number of hydrogen-bond acceptors (Lipinski definition) is 3. The van der Waals surface area contributed by atoms with E-state index in [0.717, 1.165) is 19.4 Å².